The fraction of sp³-hybridized carbons (Fsp3) is 0.314. The molecule has 0 aliphatic heterocycles. The van der Waals surface area contributed by atoms with E-state index in [0.29, 0.717) is 41.3 Å². The van der Waals surface area contributed by atoms with Gasteiger partial charge in [-0.2, -0.15) is 18.3 Å². The third-order valence-electron chi connectivity index (χ3n) is 7.78. The lowest BCUT2D eigenvalue weighted by Crippen LogP contribution is -2.23. The van der Waals surface area contributed by atoms with E-state index in [-0.39, 0.29) is 41.1 Å². The summed E-state index contributed by atoms with van der Waals surface area (Å²) in [4.78, 5) is 29.7. The van der Waals surface area contributed by atoms with Crippen molar-refractivity contribution in [2.75, 3.05) is 11.9 Å². The minimum absolute atomic E-state index is 0.0464. The molecular formula is C35H32F4N4O5. The number of halogens is 4. The Balaban J connectivity index is 1.27. The number of anilines is 1. The molecule has 0 saturated carbocycles. The molecular weight excluding hydrogens is 632 g/mol. The van der Waals surface area contributed by atoms with Gasteiger partial charge in [-0.1, -0.05) is 6.07 Å². The zero-order chi connectivity index (χ0) is 34.4. The maximum Gasteiger partial charge on any atom is 0.435 e. The van der Waals surface area contributed by atoms with Gasteiger partial charge in [-0.3, -0.25) is 4.79 Å². The second-order valence-corrected chi connectivity index (χ2v) is 12.6. The van der Waals surface area contributed by atoms with Crippen LogP contribution in [0.15, 0.2) is 65.1 Å². The van der Waals surface area contributed by atoms with Gasteiger partial charge in [0.25, 0.3) is 5.91 Å². The molecule has 0 radical (unpaired) electrons. The van der Waals surface area contributed by atoms with Crippen molar-refractivity contribution in [3.8, 4) is 11.4 Å². The Bertz CT molecular complexity index is 2010. The zero-order valence-electron chi connectivity index (χ0n) is 26.6. The summed E-state index contributed by atoms with van der Waals surface area (Å²) in [7, 11) is 0. The number of nitrogens with one attached hydrogen (secondary N) is 1. The average Bonchev–Trinajstić information content (AvgIpc) is 3.60. The van der Waals surface area contributed by atoms with E-state index in [2.05, 4.69) is 15.4 Å². The second-order valence-electron chi connectivity index (χ2n) is 12.6. The lowest BCUT2D eigenvalue weighted by atomic mass is 9.86. The monoisotopic (exact) mass is 664 g/mol. The molecule has 2 heterocycles. The number of amides is 1. The van der Waals surface area contributed by atoms with Crippen LogP contribution in [0.25, 0.3) is 16.8 Å². The molecule has 1 aliphatic rings. The number of oxazole rings is 1. The molecule has 1 amide bonds. The molecule has 13 heteroatoms. The van der Waals surface area contributed by atoms with Gasteiger partial charge in [0.2, 0.25) is 0 Å². The molecule has 9 nitrogen and oxygen atoms in total. The van der Waals surface area contributed by atoms with Gasteiger partial charge in [-0.15, -0.1) is 0 Å². The highest BCUT2D eigenvalue weighted by Gasteiger charge is 2.42. The Morgan fingerprint density at radius 3 is 2.50 bits per heavy atom. The van der Waals surface area contributed by atoms with Crippen LogP contribution in [0.5, 0.6) is 5.75 Å². The van der Waals surface area contributed by atoms with Crippen LogP contribution in [0.3, 0.4) is 0 Å². The summed E-state index contributed by atoms with van der Waals surface area (Å²) in [6.45, 7) is 6.96. The number of rotatable bonds is 7. The van der Waals surface area contributed by atoms with E-state index in [4.69, 9.17) is 13.9 Å². The van der Waals surface area contributed by atoms with E-state index in [1.54, 1.807) is 58.0 Å². The average molecular weight is 665 g/mol. The first kappa shape index (κ1) is 32.7. The summed E-state index contributed by atoms with van der Waals surface area (Å²) >= 11 is 0. The van der Waals surface area contributed by atoms with Gasteiger partial charge in [-0.25, -0.2) is 18.9 Å². The summed E-state index contributed by atoms with van der Waals surface area (Å²) < 4.78 is 75.5. The lowest BCUT2D eigenvalue weighted by Gasteiger charge is -2.25. The number of hydrogen-bond acceptors (Lipinski definition) is 7. The minimum atomic E-state index is -4.71. The van der Waals surface area contributed by atoms with Gasteiger partial charge < -0.3 is 19.2 Å². The minimum Gasteiger partial charge on any atom is -0.493 e. The van der Waals surface area contributed by atoms with Gasteiger partial charge in [0.1, 0.15) is 22.7 Å². The summed E-state index contributed by atoms with van der Waals surface area (Å²) in [5.41, 5.74) is -0.140. The third kappa shape index (κ3) is 6.90. The maximum atomic E-state index is 14.8. The highest BCUT2D eigenvalue weighted by Crippen LogP contribution is 2.41. The van der Waals surface area contributed by atoms with Crippen LogP contribution in [0.1, 0.15) is 83.1 Å². The van der Waals surface area contributed by atoms with Crippen LogP contribution in [0.2, 0.25) is 0 Å². The Kier molecular flexibility index (Phi) is 8.48. The fourth-order valence-corrected chi connectivity index (χ4v) is 5.73. The molecule has 0 bridgehead atoms. The molecule has 0 fully saturated rings. The van der Waals surface area contributed by atoms with Crippen molar-refractivity contribution in [3.05, 3.63) is 100 Å². The highest BCUT2D eigenvalue weighted by molar-refractivity contribution is 6.05. The van der Waals surface area contributed by atoms with Crippen LogP contribution in [0.4, 0.5) is 23.2 Å². The summed E-state index contributed by atoms with van der Waals surface area (Å²) in [5.74, 6) is -1.59. The van der Waals surface area contributed by atoms with Crippen molar-refractivity contribution >= 4 is 28.7 Å². The number of alkyl halides is 3. The normalized spacial score (nSPS) is 14.9. The number of carbonyl (C=O) groups is 2. The number of carbonyl (C=O) groups excluding carboxylic acids is 2. The zero-order valence-corrected chi connectivity index (χ0v) is 26.6. The van der Waals surface area contributed by atoms with Crippen LogP contribution >= 0.6 is 0 Å². The van der Waals surface area contributed by atoms with Gasteiger partial charge in [-0.05, 0) is 82.5 Å². The maximum absolute atomic E-state index is 14.8. The van der Waals surface area contributed by atoms with E-state index in [1.807, 2.05) is 0 Å². The summed E-state index contributed by atoms with van der Waals surface area (Å²) in [6, 6.07) is 14.7. The number of ether oxygens (including phenoxy) is 2. The Hall–Kier alpha value is -5.20. The Labute approximate surface area is 272 Å². The number of esters is 1. The quantitative estimate of drug-likeness (QED) is 0.138. The lowest BCUT2D eigenvalue weighted by molar-refractivity contribution is -0.142. The van der Waals surface area contributed by atoms with Crippen molar-refractivity contribution in [1.29, 1.82) is 0 Å². The molecule has 5 aromatic rings. The second kappa shape index (κ2) is 12.4. The third-order valence-corrected chi connectivity index (χ3v) is 7.78. The molecule has 0 saturated heterocycles. The molecule has 250 valence electrons. The van der Waals surface area contributed by atoms with E-state index < -0.39 is 41.1 Å². The number of aromatic nitrogens is 3. The van der Waals surface area contributed by atoms with Crippen LogP contribution in [0, 0.1) is 12.7 Å². The number of benzene rings is 3. The van der Waals surface area contributed by atoms with E-state index in [0.717, 1.165) is 6.07 Å². The number of nitrogens with zero attached hydrogens (tertiary/aromatic N) is 3. The standard InChI is InChI=1S/C35H32F4N4O5/c1-19-40-28-16-26(36)27(17-29(28)47-19)41-32(44)21-7-5-9-23(15-21)43-30-22(8-6-10-25(30)31(42-43)35(37,38)39)18-46-24-13-11-20(12-14-24)33(45)48-34(2,3)4/h5,7,9,11-17,22H,6,8,10,18H2,1-4H3,(H,41,44). The molecule has 0 spiro atoms. The van der Waals surface area contributed by atoms with Gasteiger partial charge in [0, 0.05) is 36.1 Å². The molecule has 1 aliphatic carbocycles. The van der Waals surface area contributed by atoms with Crippen molar-refractivity contribution < 1.29 is 41.0 Å². The van der Waals surface area contributed by atoms with Crippen LogP contribution in [-0.4, -0.2) is 38.8 Å². The predicted molar refractivity (Wildman–Crippen MR) is 168 cm³/mol. The molecule has 1 atom stereocenters. The van der Waals surface area contributed by atoms with E-state index in [1.165, 1.54) is 28.9 Å². The van der Waals surface area contributed by atoms with Crippen molar-refractivity contribution in [2.24, 2.45) is 0 Å². The van der Waals surface area contributed by atoms with Gasteiger partial charge >= 0.3 is 12.1 Å². The first-order chi connectivity index (χ1) is 22.7. The molecule has 48 heavy (non-hydrogen) atoms. The fourth-order valence-electron chi connectivity index (χ4n) is 5.73. The van der Waals surface area contributed by atoms with Crippen molar-refractivity contribution in [3.63, 3.8) is 0 Å². The SMILES string of the molecule is Cc1nc2cc(F)c(NC(=O)c3cccc(-n4nc(C(F)(F)F)c5c4C(COc4ccc(C(=O)OC(C)(C)C)cc4)CCC5)c3)cc2o1. The van der Waals surface area contributed by atoms with E-state index >= 15 is 0 Å². The number of aryl methyl sites for hydroxylation is 1. The summed E-state index contributed by atoms with van der Waals surface area (Å²) in [5, 5.41) is 6.51. The topological polar surface area (TPSA) is 108 Å². The Morgan fingerprint density at radius 2 is 1.79 bits per heavy atom. The molecule has 1 unspecified atom stereocenters. The van der Waals surface area contributed by atoms with E-state index in [9.17, 15) is 27.2 Å². The van der Waals surface area contributed by atoms with Gasteiger partial charge in [0.05, 0.1) is 29.2 Å². The molecule has 1 N–H and O–H groups in total. The smallest absolute Gasteiger partial charge is 0.435 e. The van der Waals surface area contributed by atoms with Crippen LogP contribution in [-0.2, 0) is 17.3 Å². The first-order valence-corrected chi connectivity index (χ1v) is 15.3. The molecule has 2 aromatic heterocycles. The van der Waals surface area contributed by atoms with Crippen molar-refractivity contribution in [1.82, 2.24) is 14.8 Å². The van der Waals surface area contributed by atoms with Crippen molar-refractivity contribution in [2.45, 2.75) is 64.7 Å². The number of fused-ring (bicyclic) bond motifs is 2. The summed E-state index contributed by atoms with van der Waals surface area (Å²) in [6.07, 6.45) is -3.50. The predicted octanol–water partition coefficient (Wildman–Crippen LogP) is 8.19. The largest absolute Gasteiger partial charge is 0.493 e. The first-order valence-electron chi connectivity index (χ1n) is 15.3. The van der Waals surface area contributed by atoms with Gasteiger partial charge in [0.15, 0.2) is 17.2 Å². The number of hydrogen-bond donors (Lipinski definition) is 1. The van der Waals surface area contributed by atoms with Crippen LogP contribution < -0.4 is 10.1 Å². The molecule has 3 aromatic carbocycles. The highest BCUT2D eigenvalue weighted by atomic mass is 19.4. The Morgan fingerprint density at radius 1 is 1.04 bits per heavy atom. The molecule has 6 rings (SSSR count).